The molecule has 0 heterocycles. The van der Waals surface area contributed by atoms with Gasteiger partial charge in [0.25, 0.3) is 0 Å². The molecule has 2 atom stereocenters. The van der Waals surface area contributed by atoms with Gasteiger partial charge in [-0.3, -0.25) is 14.4 Å². The summed E-state index contributed by atoms with van der Waals surface area (Å²) < 4.78 is 0. The van der Waals surface area contributed by atoms with Crippen molar-refractivity contribution in [2.75, 3.05) is 13.6 Å². The van der Waals surface area contributed by atoms with Crippen molar-refractivity contribution in [2.24, 2.45) is 11.5 Å². The lowest BCUT2D eigenvalue weighted by Crippen LogP contribution is -2.16. The van der Waals surface area contributed by atoms with E-state index in [2.05, 4.69) is 49.0 Å². The van der Waals surface area contributed by atoms with Gasteiger partial charge in [-0.1, -0.05) is 93.0 Å². The number of benzene rings is 3. The summed E-state index contributed by atoms with van der Waals surface area (Å²) in [4.78, 5) is 30.3. The number of carbonyl (C=O) groups is 3. The van der Waals surface area contributed by atoms with Gasteiger partial charge < -0.3 is 26.8 Å². The van der Waals surface area contributed by atoms with E-state index in [9.17, 15) is 14.4 Å². The van der Waals surface area contributed by atoms with E-state index in [4.69, 9.17) is 66.4 Å². The van der Waals surface area contributed by atoms with Crippen molar-refractivity contribution in [2.45, 2.75) is 59.3 Å². The maximum Gasteiger partial charge on any atom is 0.305 e. The third-order valence-corrected chi connectivity index (χ3v) is 6.11. The topological polar surface area (TPSA) is 212 Å². The van der Waals surface area contributed by atoms with Gasteiger partial charge in [-0.25, -0.2) is 0 Å². The maximum absolute atomic E-state index is 10.5. The SMILES string of the molecule is C.C.CCC(=O)O.CN.II.N#CC(CC(=O)O)c1ccc(Cl)cc1.N#CCc1ccc(Cl)cc1.NCC(CC(=O)O)c1ccc(Cl)cc1. The van der Waals surface area contributed by atoms with Gasteiger partial charge in [0, 0.05) is 64.6 Å². The Hall–Kier alpha value is -2.70. The van der Waals surface area contributed by atoms with E-state index in [1.165, 1.54) is 7.05 Å². The highest BCUT2D eigenvalue weighted by molar-refractivity contribution is 15.0. The second-order valence-corrected chi connectivity index (χ2v) is 9.93. The molecule has 0 saturated heterocycles. The van der Waals surface area contributed by atoms with Gasteiger partial charge in [-0.2, -0.15) is 10.5 Å². The van der Waals surface area contributed by atoms with Gasteiger partial charge >= 0.3 is 17.9 Å². The van der Waals surface area contributed by atoms with E-state index >= 15 is 0 Å². The second-order valence-electron chi connectivity index (χ2n) is 8.62. The molecule has 3 aromatic rings. The average molecular weight is 966 g/mol. The zero-order valence-corrected chi connectivity index (χ0v) is 32.2. The summed E-state index contributed by atoms with van der Waals surface area (Å²) in [5.74, 6) is -3.30. The third-order valence-electron chi connectivity index (χ3n) is 5.35. The molecule has 2 unspecified atom stereocenters. The molecule has 3 rings (SSSR count). The van der Waals surface area contributed by atoms with Gasteiger partial charge in [-0.15, -0.1) is 0 Å². The lowest BCUT2D eigenvalue weighted by Gasteiger charge is -2.12. The van der Waals surface area contributed by atoms with Crippen molar-refractivity contribution in [1.82, 2.24) is 0 Å². The van der Waals surface area contributed by atoms with E-state index in [-0.39, 0.29) is 40.0 Å². The Labute approximate surface area is 328 Å². The molecule has 3 aromatic carbocycles. The van der Waals surface area contributed by atoms with Gasteiger partial charge in [0.1, 0.15) is 0 Å². The number of nitrogens with zero attached hydrogens (tertiary/aromatic N) is 2. The second kappa shape index (κ2) is 36.6. The van der Waals surface area contributed by atoms with Crippen molar-refractivity contribution in [1.29, 1.82) is 10.5 Å². The number of hydrogen-bond donors (Lipinski definition) is 5. The van der Waals surface area contributed by atoms with Crippen molar-refractivity contribution in [3.63, 3.8) is 0 Å². The molecule has 0 aromatic heterocycles. The normalized spacial score (nSPS) is 9.69. The molecule has 0 spiro atoms. The first-order valence-electron chi connectivity index (χ1n) is 13.5. The van der Waals surface area contributed by atoms with Crippen LogP contribution < -0.4 is 11.5 Å². The van der Waals surface area contributed by atoms with Crippen LogP contribution in [-0.4, -0.2) is 46.8 Å². The zero-order chi connectivity index (χ0) is 36.8. The summed E-state index contributed by atoms with van der Waals surface area (Å²) in [5, 5.41) is 43.9. The molecule has 0 fully saturated rings. The zero-order valence-electron chi connectivity index (χ0n) is 25.6. The van der Waals surface area contributed by atoms with Crippen LogP contribution >= 0.6 is 72.0 Å². The first kappa shape index (κ1) is 55.7. The fourth-order valence-corrected chi connectivity index (χ4v) is 3.46. The Kier molecular flexibility index (Phi) is 41.6. The summed E-state index contributed by atoms with van der Waals surface area (Å²) in [6.07, 6.45) is 0.549. The molecule has 0 radical (unpaired) electrons. The quantitative estimate of drug-likeness (QED) is 0.128. The molecule has 15 heteroatoms. The Balaban J connectivity index is -0.000000175. The molecule has 0 aliphatic rings. The van der Waals surface area contributed by atoms with Gasteiger partial charge in [-0.05, 0) is 66.7 Å². The number of hydrogen-bond acceptors (Lipinski definition) is 7. The summed E-state index contributed by atoms with van der Waals surface area (Å²) in [6, 6.07) is 25.0. The van der Waals surface area contributed by atoms with Crippen molar-refractivity contribution >= 4 is 89.9 Å². The monoisotopic (exact) mass is 964 g/mol. The lowest BCUT2D eigenvalue weighted by atomic mass is 9.96. The molecule has 10 nitrogen and oxygen atoms in total. The summed E-state index contributed by atoms with van der Waals surface area (Å²) in [7, 11) is 1.50. The Bertz CT molecular complexity index is 1370. The highest BCUT2D eigenvalue weighted by atomic mass is 128. The van der Waals surface area contributed by atoms with E-state index < -0.39 is 23.8 Å². The minimum absolute atomic E-state index is 0. The molecule has 0 amide bonds. The molecular weight excluding hydrogens is 921 g/mol. The molecule has 7 N–H and O–H groups in total. The fourth-order valence-electron chi connectivity index (χ4n) is 3.08. The highest BCUT2D eigenvalue weighted by Crippen LogP contribution is 2.21. The first-order valence-corrected chi connectivity index (χ1v) is 20.9. The average Bonchev–Trinajstić information content (AvgIpc) is 3.07. The number of rotatable bonds is 9. The van der Waals surface area contributed by atoms with Gasteiger partial charge in [0.15, 0.2) is 0 Å². The predicted octanol–water partition coefficient (Wildman–Crippen LogP) is 9.78. The van der Waals surface area contributed by atoms with Gasteiger partial charge in [0.05, 0.1) is 37.3 Å². The Morgan fingerprint density at radius 3 is 1.35 bits per heavy atom. The van der Waals surface area contributed by atoms with Crippen LogP contribution in [0, 0.1) is 22.7 Å². The number of aliphatic carboxylic acids is 3. The van der Waals surface area contributed by atoms with Crippen LogP contribution in [0.4, 0.5) is 0 Å². The van der Waals surface area contributed by atoms with Gasteiger partial charge in [0.2, 0.25) is 0 Å². The number of carboxylic acid groups (broad SMARTS) is 3. The molecular formula is C34H45Cl3I2N4O6. The maximum atomic E-state index is 10.5. The molecule has 0 saturated carbocycles. The van der Waals surface area contributed by atoms with Crippen LogP contribution in [-0.2, 0) is 20.8 Å². The number of nitrogens with two attached hydrogens (primary N) is 2. The van der Waals surface area contributed by atoms with Crippen LogP contribution in [0.5, 0.6) is 0 Å². The molecule has 272 valence electrons. The molecule has 0 aliphatic carbocycles. The molecule has 49 heavy (non-hydrogen) atoms. The van der Waals surface area contributed by atoms with Crippen molar-refractivity contribution < 1.29 is 29.7 Å². The van der Waals surface area contributed by atoms with E-state index in [0.29, 0.717) is 33.6 Å². The standard InChI is InChI=1S/C10H12ClNO2.C10H8ClNO2.C8H6ClN.C3H6O2.CH5N.2CH4.I2/c2*11-9-3-1-7(2-4-9)8(6-12)5-10(13)14;9-8-3-1-7(2-4-8)5-6-10;1-2-3(4)5;1-2;;;1-2/h1-4,8H,5-6,12H2,(H,13,14);1-4,8H,5H2,(H,13,14);1-4H,5H2;2H2,1H3,(H,4,5);2H2,1H3;2*1H4;. The third kappa shape index (κ3) is 31.1. The summed E-state index contributed by atoms with van der Waals surface area (Å²) >= 11 is 21.3. The Morgan fingerprint density at radius 2 is 1.06 bits per heavy atom. The smallest absolute Gasteiger partial charge is 0.305 e. The largest absolute Gasteiger partial charge is 0.481 e. The summed E-state index contributed by atoms with van der Waals surface area (Å²) in [5.41, 5.74) is 12.6. The van der Waals surface area contributed by atoms with E-state index in [0.717, 1.165) is 11.1 Å². The summed E-state index contributed by atoms with van der Waals surface area (Å²) in [6.45, 7) is 1.93. The van der Waals surface area contributed by atoms with Crippen LogP contribution in [0.3, 0.4) is 0 Å². The van der Waals surface area contributed by atoms with Crippen LogP contribution in [0.25, 0.3) is 0 Å². The Morgan fingerprint density at radius 1 is 0.714 bits per heavy atom. The number of carboxylic acids is 3. The minimum Gasteiger partial charge on any atom is -0.481 e. The van der Waals surface area contributed by atoms with Crippen LogP contribution in [0.15, 0.2) is 72.8 Å². The first-order chi connectivity index (χ1) is 22.4. The van der Waals surface area contributed by atoms with Crippen molar-refractivity contribution in [3.05, 3.63) is 105 Å². The van der Waals surface area contributed by atoms with Crippen LogP contribution in [0.1, 0.15) is 69.6 Å². The molecule has 0 aliphatic heterocycles. The highest BCUT2D eigenvalue weighted by Gasteiger charge is 2.14. The minimum atomic E-state index is -0.980. The lowest BCUT2D eigenvalue weighted by molar-refractivity contribution is -0.138. The van der Waals surface area contributed by atoms with Crippen LogP contribution in [0.2, 0.25) is 15.1 Å². The molecule has 0 bridgehead atoms. The fraction of sp³-hybridized carbons (Fsp3) is 0.324. The van der Waals surface area contributed by atoms with E-state index in [1.54, 1.807) is 55.5 Å². The van der Waals surface area contributed by atoms with E-state index in [1.807, 2.05) is 30.3 Å². The van der Waals surface area contributed by atoms with Crippen molar-refractivity contribution in [3.8, 4) is 12.1 Å². The number of nitriles is 2. The number of halogens is 5. The predicted molar refractivity (Wildman–Crippen MR) is 218 cm³/mol.